The maximum atomic E-state index is 14.9. The van der Waals surface area contributed by atoms with E-state index in [1.807, 2.05) is 18.7 Å². The summed E-state index contributed by atoms with van der Waals surface area (Å²) in [5, 5.41) is 4.33. The fourth-order valence-electron chi connectivity index (χ4n) is 3.03. The van der Waals surface area contributed by atoms with E-state index < -0.39 is 5.82 Å². The molecule has 0 saturated carbocycles. The Morgan fingerprint density at radius 3 is 2.95 bits per heavy atom. The summed E-state index contributed by atoms with van der Waals surface area (Å²) >= 11 is 0. The van der Waals surface area contributed by atoms with Crippen molar-refractivity contribution in [3.8, 4) is 0 Å². The normalized spacial score (nSPS) is 22.3. The van der Waals surface area contributed by atoms with E-state index >= 15 is 0 Å². The van der Waals surface area contributed by atoms with Crippen molar-refractivity contribution >= 4 is 22.9 Å². The van der Waals surface area contributed by atoms with Crippen LogP contribution in [0.25, 0.3) is 11.0 Å². The van der Waals surface area contributed by atoms with Crippen LogP contribution in [0.4, 0.5) is 10.1 Å². The number of benzene rings is 1. The zero-order chi connectivity index (χ0) is 15.9. The van der Waals surface area contributed by atoms with Gasteiger partial charge in [-0.25, -0.2) is 4.39 Å². The maximum absolute atomic E-state index is 14.9. The number of ether oxygens (including phenoxy) is 1. The molecule has 0 radical (unpaired) electrons. The van der Waals surface area contributed by atoms with E-state index in [1.165, 1.54) is 0 Å². The second kappa shape index (κ2) is 5.68. The Hall–Kier alpha value is -1.95. The first-order chi connectivity index (χ1) is 10.5. The highest BCUT2D eigenvalue weighted by Gasteiger charge is 2.29. The van der Waals surface area contributed by atoms with Gasteiger partial charge in [-0.05, 0) is 26.3 Å². The van der Waals surface area contributed by atoms with Crippen molar-refractivity contribution in [2.45, 2.75) is 39.4 Å². The number of nitrogens with zero attached hydrogens (tertiary/aromatic N) is 2. The van der Waals surface area contributed by atoms with Gasteiger partial charge >= 0.3 is 0 Å². The second-order valence-corrected chi connectivity index (χ2v) is 5.77. The molecule has 5 nitrogen and oxygen atoms in total. The van der Waals surface area contributed by atoms with Crippen LogP contribution in [-0.4, -0.2) is 36.7 Å². The standard InChI is InChI=1S/C16H19FN2O3/c1-4-12-7-19(6-9(2)21-12)15-11(8-20)5-13-10(3)18-22-16(13)14(15)17/h5,8-9,12H,4,6-7H2,1-3H3. The minimum atomic E-state index is -0.524. The van der Waals surface area contributed by atoms with Gasteiger partial charge in [0.2, 0.25) is 5.58 Å². The Morgan fingerprint density at radius 2 is 2.27 bits per heavy atom. The van der Waals surface area contributed by atoms with Gasteiger partial charge in [0, 0.05) is 24.0 Å². The van der Waals surface area contributed by atoms with Crippen LogP contribution < -0.4 is 4.90 Å². The van der Waals surface area contributed by atoms with Gasteiger partial charge in [0.05, 0.1) is 23.6 Å². The van der Waals surface area contributed by atoms with Crippen LogP contribution in [0.1, 0.15) is 36.3 Å². The van der Waals surface area contributed by atoms with E-state index in [2.05, 4.69) is 5.16 Å². The average molecular weight is 306 g/mol. The zero-order valence-electron chi connectivity index (χ0n) is 12.9. The average Bonchev–Trinajstić information content (AvgIpc) is 2.88. The molecule has 2 atom stereocenters. The topological polar surface area (TPSA) is 55.6 Å². The van der Waals surface area contributed by atoms with Crippen molar-refractivity contribution in [2.75, 3.05) is 18.0 Å². The molecular weight excluding hydrogens is 287 g/mol. The minimum absolute atomic E-state index is 0.0230. The number of carbonyl (C=O) groups is 1. The number of aromatic nitrogens is 1. The Labute approximate surface area is 128 Å². The third-order valence-corrected chi connectivity index (χ3v) is 4.11. The van der Waals surface area contributed by atoms with Crippen molar-refractivity contribution in [1.82, 2.24) is 5.16 Å². The van der Waals surface area contributed by atoms with Gasteiger partial charge in [-0.2, -0.15) is 0 Å². The van der Waals surface area contributed by atoms with Crippen molar-refractivity contribution in [1.29, 1.82) is 0 Å². The highest BCUT2D eigenvalue weighted by molar-refractivity contribution is 5.95. The third-order valence-electron chi connectivity index (χ3n) is 4.11. The molecule has 0 bridgehead atoms. The summed E-state index contributed by atoms with van der Waals surface area (Å²) in [5.74, 6) is -0.524. The molecule has 2 aromatic rings. The van der Waals surface area contributed by atoms with Crippen LogP contribution in [0, 0.1) is 12.7 Å². The summed E-state index contributed by atoms with van der Waals surface area (Å²) in [7, 11) is 0. The van der Waals surface area contributed by atoms with Gasteiger partial charge in [0.25, 0.3) is 0 Å². The molecule has 1 aliphatic rings. The lowest BCUT2D eigenvalue weighted by Crippen LogP contribution is -2.47. The Kier molecular flexibility index (Phi) is 3.87. The SMILES string of the molecule is CCC1CN(c2c(C=O)cc3c(C)noc3c2F)CC(C)O1. The van der Waals surface area contributed by atoms with Crippen LogP contribution in [0.3, 0.4) is 0 Å². The van der Waals surface area contributed by atoms with E-state index in [0.29, 0.717) is 36.0 Å². The molecule has 22 heavy (non-hydrogen) atoms. The minimum Gasteiger partial charge on any atom is -0.372 e. The Morgan fingerprint density at radius 1 is 1.50 bits per heavy atom. The second-order valence-electron chi connectivity index (χ2n) is 5.77. The summed E-state index contributed by atoms with van der Waals surface area (Å²) in [5.41, 5.74) is 1.28. The van der Waals surface area contributed by atoms with Gasteiger partial charge in [-0.15, -0.1) is 0 Å². The Balaban J connectivity index is 2.12. The third kappa shape index (κ3) is 2.37. The van der Waals surface area contributed by atoms with E-state index in [0.717, 1.165) is 6.42 Å². The van der Waals surface area contributed by atoms with Crippen LogP contribution in [0.2, 0.25) is 0 Å². The molecule has 2 heterocycles. The van der Waals surface area contributed by atoms with Gasteiger partial charge in [0.15, 0.2) is 12.1 Å². The first-order valence-corrected chi connectivity index (χ1v) is 7.49. The molecule has 0 spiro atoms. The number of hydrogen-bond acceptors (Lipinski definition) is 5. The molecule has 0 N–H and O–H groups in total. The van der Waals surface area contributed by atoms with Crippen LogP contribution in [0.15, 0.2) is 10.6 Å². The van der Waals surface area contributed by atoms with Gasteiger partial charge < -0.3 is 14.2 Å². The van der Waals surface area contributed by atoms with Crippen LogP contribution in [0.5, 0.6) is 0 Å². The zero-order valence-corrected chi connectivity index (χ0v) is 12.9. The molecule has 2 unspecified atom stereocenters. The number of carbonyl (C=O) groups excluding carboxylic acids is 1. The van der Waals surface area contributed by atoms with Crippen molar-refractivity contribution in [3.63, 3.8) is 0 Å². The van der Waals surface area contributed by atoms with E-state index in [-0.39, 0.29) is 23.5 Å². The summed E-state index contributed by atoms with van der Waals surface area (Å²) < 4.78 is 25.8. The molecule has 1 aromatic heterocycles. The summed E-state index contributed by atoms with van der Waals surface area (Å²) in [4.78, 5) is 13.3. The number of aryl methyl sites for hydroxylation is 1. The summed E-state index contributed by atoms with van der Waals surface area (Å²) in [6, 6.07) is 1.65. The highest BCUT2D eigenvalue weighted by Crippen LogP contribution is 2.34. The van der Waals surface area contributed by atoms with Crippen molar-refractivity contribution in [2.24, 2.45) is 0 Å². The molecule has 118 valence electrons. The highest BCUT2D eigenvalue weighted by atomic mass is 19.1. The van der Waals surface area contributed by atoms with Crippen molar-refractivity contribution in [3.05, 3.63) is 23.1 Å². The largest absolute Gasteiger partial charge is 0.372 e. The molecule has 1 saturated heterocycles. The monoisotopic (exact) mass is 306 g/mol. The maximum Gasteiger partial charge on any atom is 0.204 e. The molecule has 1 aliphatic heterocycles. The quantitative estimate of drug-likeness (QED) is 0.816. The first-order valence-electron chi connectivity index (χ1n) is 7.49. The van der Waals surface area contributed by atoms with Crippen molar-refractivity contribution < 1.29 is 18.4 Å². The summed E-state index contributed by atoms with van der Waals surface area (Å²) in [6.45, 7) is 6.79. The molecule has 0 amide bonds. The van der Waals surface area contributed by atoms with Crippen LogP contribution in [-0.2, 0) is 4.74 Å². The molecule has 6 heteroatoms. The molecule has 0 aliphatic carbocycles. The predicted octanol–water partition coefficient (Wildman–Crippen LogP) is 3.09. The van der Waals surface area contributed by atoms with E-state index in [9.17, 15) is 9.18 Å². The number of halogens is 1. The van der Waals surface area contributed by atoms with Crippen LogP contribution >= 0.6 is 0 Å². The fourth-order valence-corrected chi connectivity index (χ4v) is 3.03. The van der Waals surface area contributed by atoms with Gasteiger partial charge in [-0.3, -0.25) is 4.79 Å². The molecule has 3 rings (SSSR count). The number of rotatable bonds is 3. The Bertz CT molecular complexity index is 713. The lowest BCUT2D eigenvalue weighted by molar-refractivity contribution is -0.0174. The fraction of sp³-hybridized carbons (Fsp3) is 0.500. The number of hydrogen-bond donors (Lipinski definition) is 0. The lowest BCUT2D eigenvalue weighted by atomic mass is 10.1. The molecular formula is C16H19FN2O3. The summed E-state index contributed by atoms with van der Waals surface area (Å²) in [6.07, 6.45) is 1.52. The molecule has 1 aromatic carbocycles. The number of aldehydes is 1. The van der Waals surface area contributed by atoms with Gasteiger partial charge in [0.1, 0.15) is 0 Å². The number of morpholine rings is 1. The van der Waals surface area contributed by atoms with E-state index in [4.69, 9.17) is 9.26 Å². The lowest BCUT2D eigenvalue weighted by Gasteiger charge is -2.38. The van der Waals surface area contributed by atoms with Gasteiger partial charge in [-0.1, -0.05) is 12.1 Å². The first kappa shape index (κ1) is 15.0. The predicted molar refractivity (Wildman–Crippen MR) is 80.9 cm³/mol. The smallest absolute Gasteiger partial charge is 0.204 e. The number of fused-ring (bicyclic) bond motifs is 1. The van der Waals surface area contributed by atoms with E-state index in [1.54, 1.807) is 13.0 Å². The molecule has 1 fully saturated rings. The number of anilines is 1.